The molecule has 2 unspecified atom stereocenters. The molecule has 2 atom stereocenters. The van der Waals surface area contributed by atoms with Crippen LogP contribution in [-0.2, 0) is 24.5 Å². The maximum Gasteiger partial charge on any atom is 0.323 e. The van der Waals surface area contributed by atoms with Gasteiger partial charge in [0.15, 0.2) is 0 Å². The molecule has 0 radical (unpaired) electrons. The summed E-state index contributed by atoms with van der Waals surface area (Å²) >= 11 is 0. The van der Waals surface area contributed by atoms with Crippen LogP contribution in [-0.4, -0.2) is 61.1 Å². The molecule has 0 saturated heterocycles. The lowest BCUT2D eigenvalue weighted by atomic mass is 10.2. The summed E-state index contributed by atoms with van der Waals surface area (Å²) < 4.78 is 31.9. The van der Waals surface area contributed by atoms with Gasteiger partial charge in [-0.15, -0.1) is 0 Å². The Labute approximate surface area is 119 Å². The number of nitrogens with zero attached hydrogens (tertiary/aromatic N) is 2. The van der Waals surface area contributed by atoms with Gasteiger partial charge in [-0.3, -0.25) is 9.59 Å². The number of ketones is 1. The Morgan fingerprint density at radius 3 is 1.95 bits per heavy atom. The zero-order valence-corrected chi connectivity index (χ0v) is 12.9. The molecule has 0 fully saturated rings. The van der Waals surface area contributed by atoms with Crippen LogP contribution in [0.1, 0.15) is 20.8 Å². The molecule has 0 saturated carbocycles. The molecule has 0 aromatic rings. The molecule has 0 N–H and O–H groups in total. The standard InChI is InChI=1S/C12H20N2O5S/c1-9(11(3)15)13-7-5-6-8-14(20(13,17)18)10(2)12(16)19-4/h5-6,9-10H,7-8H2,1-4H3. The van der Waals surface area contributed by atoms with E-state index in [4.69, 9.17) is 0 Å². The third kappa shape index (κ3) is 3.25. The highest BCUT2D eigenvalue weighted by atomic mass is 32.2. The van der Waals surface area contributed by atoms with Crippen molar-refractivity contribution in [3.05, 3.63) is 12.2 Å². The summed E-state index contributed by atoms with van der Waals surface area (Å²) in [5.41, 5.74) is 0. The third-order valence-corrected chi connectivity index (χ3v) is 5.44. The third-order valence-electron chi connectivity index (χ3n) is 3.32. The SMILES string of the molecule is COC(=O)C(C)N1CC=CCN(C(C)C(C)=O)S1(=O)=O. The minimum absolute atomic E-state index is 0.0692. The summed E-state index contributed by atoms with van der Waals surface area (Å²) in [6.45, 7) is 4.50. The maximum absolute atomic E-state index is 12.6. The highest BCUT2D eigenvalue weighted by molar-refractivity contribution is 7.86. The molecule has 0 amide bonds. The number of Topliss-reactive ketones (excluding diaryl/α,β-unsaturated/α-hetero) is 1. The van der Waals surface area contributed by atoms with Crippen molar-refractivity contribution in [2.24, 2.45) is 0 Å². The lowest BCUT2D eigenvalue weighted by molar-refractivity contribution is -0.144. The van der Waals surface area contributed by atoms with Crippen molar-refractivity contribution in [2.75, 3.05) is 20.2 Å². The molecule has 7 nitrogen and oxygen atoms in total. The molecule has 0 bridgehead atoms. The highest BCUT2D eigenvalue weighted by Gasteiger charge is 2.39. The van der Waals surface area contributed by atoms with Gasteiger partial charge in [-0.2, -0.15) is 17.0 Å². The van der Waals surface area contributed by atoms with Crippen molar-refractivity contribution in [3.63, 3.8) is 0 Å². The van der Waals surface area contributed by atoms with Crippen molar-refractivity contribution in [1.82, 2.24) is 8.61 Å². The average molecular weight is 304 g/mol. The summed E-state index contributed by atoms with van der Waals surface area (Å²) in [4.78, 5) is 23.1. The van der Waals surface area contributed by atoms with E-state index in [1.54, 1.807) is 12.2 Å². The van der Waals surface area contributed by atoms with Crippen LogP contribution in [0.5, 0.6) is 0 Å². The smallest absolute Gasteiger partial charge is 0.323 e. The largest absolute Gasteiger partial charge is 0.468 e. The van der Waals surface area contributed by atoms with Crippen molar-refractivity contribution >= 4 is 22.0 Å². The van der Waals surface area contributed by atoms with Gasteiger partial charge >= 0.3 is 5.97 Å². The van der Waals surface area contributed by atoms with Crippen LogP contribution in [0, 0.1) is 0 Å². The molecule has 0 spiro atoms. The van der Waals surface area contributed by atoms with E-state index in [9.17, 15) is 18.0 Å². The van der Waals surface area contributed by atoms with Crippen LogP contribution in [0.25, 0.3) is 0 Å². The van der Waals surface area contributed by atoms with E-state index in [-0.39, 0.29) is 18.9 Å². The maximum atomic E-state index is 12.6. The molecular weight excluding hydrogens is 284 g/mol. The zero-order chi connectivity index (χ0) is 15.5. The van der Waals surface area contributed by atoms with E-state index >= 15 is 0 Å². The minimum atomic E-state index is -3.92. The van der Waals surface area contributed by atoms with Crippen LogP contribution in [0.3, 0.4) is 0 Å². The number of hydrogen-bond donors (Lipinski definition) is 0. The molecule has 0 aliphatic carbocycles. The Balaban J connectivity index is 3.17. The summed E-state index contributed by atoms with van der Waals surface area (Å²) in [7, 11) is -2.71. The fourth-order valence-corrected chi connectivity index (χ4v) is 3.74. The molecule has 1 aliphatic rings. The Morgan fingerprint density at radius 2 is 1.55 bits per heavy atom. The van der Waals surface area contributed by atoms with Gasteiger partial charge in [0.05, 0.1) is 13.2 Å². The lowest BCUT2D eigenvalue weighted by Crippen LogP contribution is -2.53. The van der Waals surface area contributed by atoms with Gasteiger partial charge < -0.3 is 4.74 Å². The Bertz CT molecular complexity index is 514. The number of hydrogen-bond acceptors (Lipinski definition) is 5. The van der Waals surface area contributed by atoms with Gasteiger partial charge in [-0.05, 0) is 20.8 Å². The fraction of sp³-hybridized carbons (Fsp3) is 0.667. The molecule has 114 valence electrons. The minimum Gasteiger partial charge on any atom is -0.468 e. The number of rotatable bonds is 4. The Hall–Kier alpha value is -1.25. The second-order valence-corrected chi connectivity index (χ2v) is 6.44. The zero-order valence-electron chi connectivity index (χ0n) is 12.1. The van der Waals surface area contributed by atoms with Gasteiger partial charge in [0.25, 0.3) is 10.2 Å². The summed E-state index contributed by atoms with van der Waals surface area (Å²) in [6.07, 6.45) is 3.32. The van der Waals surface area contributed by atoms with Crippen molar-refractivity contribution in [1.29, 1.82) is 0 Å². The van der Waals surface area contributed by atoms with Crippen molar-refractivity contribution < 1.29 is 22.7 Å². The van der Waals surface area contributed by atoms with Gasteiger partial charge in [0.1, 0.15) is 11.8 Å². The monoisotopic (exact) mass is 304 g/mol. The quantitative estimate of drug-likeness (QED) is 0.537. The molecule has 20 heavy (non-hydrogen) atoms. The van der Waals surface area contributed by atoms with Crippen LogP contribution >= 0.6 is 0 Å². The van der Waals surface area contributed by atoms with Gasteiger partial charge in [-0.25, -0.2) is 0 Å². The van der Waals surface area contributed by atoms with E-state index in [0.717, 1.165) is 8.61 Å². The predicted octanol–water partition coefficient (Wildman–Crippen LogP) is -0.0560. The van der Waals surface area contributed by atoms with Gasteiger partial charge in [0, 0.05) is 13.1 Å². The molecule has 1 heterocycles. The van der Waals surface area contributed by atoms with Crippen LogP contribution < -0.4 is 0 Å². The van der Waals surface area contributed by atoms with Crippen LogP contribution in [0.15, 0.2) is 12.2 Å². The Kier molecular flexibility index (Phi) is 5.43. The predicted molar refractivity (Wildman–Crippen MR) is 73.1 cm³/mol. The first kappa shape index (κ1) is 16.8. The lowest BCUT2D eigenvalue weighted by Gasteiger charge is -2.32. The fourth-order valence-electron chi connectivity index (χ4n) is 1.89. The second kappa shape index (κ2) is 6.47. The average Bonchev–Trinajstić information content (AvgIpc) is 2.54. The molecule has 1 rings (SSSR count). The number of esters is 1. The van der Waals surface area contributed by atoms with Gasteiger partial charge in [-0.1, -0.05) is 12.2 Å². The summed E-state index contributed by atoms with van der Waals surface area (Å²) in [5.74, 6) is -0.895. The number of carbonyl (C=O) groups excluding carboxylic acids is 2. The first-order valence-electron chi connectivity index (χ1n) is 6.25. The molecule has 0 aromatic carbocycles. The van der Waals surface area contributed by atoms with Crippen LogP contribution in [0.4, 0.5) is 0 Å². The summed E-state index contributed by atoms with van der Waals surface area (Å²) in [5, 5.41) is 0. The topological polar surface area (TPSA) is 84.0 Å². The summed E-state index contributed by atoms with van der Waals surface area (Å²) in [6, 6.07) is -1.73. The molecular formula is C12H20N2O5S. The van der Waals surface area contributed by atoms with E-state index in [1.165, 1.54) is 27.9 Å². The van der Waals surface area contributed by atoms with E-state index in [1.807, 2.05) is 0 Å². The van der Waals surface area contributed by atoms with E-state index in [2.05, 4.69) is 4.74 Å². The Morgan fingerprint density at radius 1 is 1.10 bits per heavy atom. The van der Waals surface area contributed by atoms with Crippen LogP contribution in [0.2, 0.25) is 0 Å². The van der Waals surface area contributed by atoms with E-state index < -0.39 is 28.3 Å². The second-order valence-electron chi connectivity index (χ2n) is 4.60. The first-order chi connectivity index (χ1) is 9.23. The molecule has 0 aromatic heterocycles. The highest BCUT2D eigenvalue weighted by Crippen LogP contribution is 2.19. The molecule has 1 aliphatic heterocycles. The van der Waals surface area contributed by atoms with Crippen molar-refractivity contribution in [2.45, 2.75) is 32.9 Å². The number of ether oxygens (including phenoxy) is 1. The first-order valence-corrected chi connectivity index (χ1v) is 7.65. The van der Waals surface area contributed by atoms with E-state index in [0.29, 0.717) is 0 Å². The molecule has 8 heteroatoms. The number of carbonyl (C=O) groups is 2. The number of methoxy groups -OCH3 is 1. The normalized spacial score (nSPS) is 22.8. The van der Waals surface area contributed by atoms with Gasteiger partial charge in [0.2, 0.25) is 0 Å². The van der Waals surface area contributed by atoms with Crippen molar-refractivity contribution in [3.8, 4) is 0 Å².